The summed E-state index contributed by atoms with van der Waals surface area (Å²) >= 11 is 5.57. The van der Waals surface area contributed by atoms with Crippen LogP contribution in [0.15, 0.2) is 18.2 Å². The molecule has 0 N–H and O–H groups in total. The molecule has 0 spiro atoms. The molecule has 0 nitrogen and oxygen atoms in total. The molecule has 1 rings (SSSR count). The molecule has 0 bridgehead atoms. The van der Waals surface area contributed by atoms with Crippen LogP contribution in [0.2, 0.25) is 0 Å². The molecule has 0 aliphatic heterocycles. The number of alkyl halides is 1. The number of hydrogen-bond acceptors (Lipinski definition) is 0. The van der Waals surface area contributed by atoms with E-state index in [0.29, 0.717) is 0 Å². The Balaban J connectivity index is 3.13. The predicted molar refractivity (Wildman–Crippen MR) is 40.6 cm³/mol. The quantitative estimate of drug-likeness (QED) is 0.577. The number of halogens is 3. The molecule has 0 heterocycles. The molecule has 0 saturated heterocycles. The minimum atomic E-state index is -0.495. The summed E-state index contributed by atoms with van der Waals surface area (Å²) in [6.07, 6.45) is 0. The van der Waals surface area contributed by atoms with Gasteiger partial charge < -0.3 is 0 Å². The molecule has 0 aliphatic carbocycles. The fourth-order valence-corrected chi connectivity index (χ4v) is 0.987. The van der Waals surface area contributed by atoms with Crippen LogP contribution in [0.3, 0.4) is 0 Å². The third kappa shape index (κ3) is 1.90. The summed E-state index contributed by atoms with van der Waals surface area (Å²) in [6, 6.07) is 3.24. The van der Waals surface area contributed by atoms with Gasteiger partial charge in [-0.25, -0.2) is 8.78 Å². The summed E-state index contributed by atoms with van der Waals surface area (Å²) in [5.41, 5.74) is 0.201. The van der Waals surface area contributed by atoms with E-state index in [1.807, 2.05) is 0 Å². The Morgan fingerprint density at radius 2 is 2.00 bits per heavy atom. The van der Waals surface area contributed by atoms with E-state index in [0.717, 1.165) is 18.2 Å². The van der Waals surface area contributed by atoms with E-state index in [4.69, 9.17) is 11.6 Å². The molecule has 60 valence electrons. The van der Waals surface area contributed by atoms with Gasteiger partial charge in [-0.2, -0.15) is 0 Å². The van der Waals surface area contributed by atoms with Crippen LogP contribution in [-0.2, 0) is 0 Å². The molecule has 1 aromatic rings. The van der Waals surface area contributed by atoms with Gasteiger partial charge in [-0.1, -0.05) is 0 Å². The van der Waals surface area contributed by atoms with Crippen molar-refractivity contribution < 1.29 is 8.78 Å². The van der Waals surface area contributed by atoms with Crippen LogP contribution in [0.1, 0.15) is 17.9 Å². The highest BCUT2D eigenvalue weighted by Gasteiger charge is 2.08. The van der Waals surface area contributed by atoms with Crippen molar-refractivity contribution in [1.29, 1.82) is 0 Å². The van der Waals surface area contributed by atoms with E-state index in [-0.39, 0.29) is 5.56 Å². The Morgan fingerprint density at radius 1 is 1.36 bits per heavy atom. The smallest absolute Gasteiger partial charge is 0.128 e. The van der Waals surface area contributed by atoms with Gasteiger partial charge in [0, 0.05) is 5.56 Å². The van der Waals surface area contributed by atoms with E-state index in [9.17, 15) is 8.78 Å². The molecule has 3 heteroatoms. The molecule has 0 amide bonds. The van der Waals surface area contributed by atoms with Crippen LogP contribution < -0.4 is 0 Å². The summed E-state index contributed by atoms with van der Waals surface area (Å²) in [6.45, 7) is 1.60. The Hall–Kier alpha value is -0.630. The van der Waals surface area contributed by atoms with Crippen LogP contribution in [0.25, 0.3) is 0 Å². The van der Waals surface area contributed by atoms with E-state index < -0.39 is 17.0 Å². The van der Waals surface area contributed by atoms with Crippen LogP contribution in [0.4, 0.5) is 8.78 Å². The Kier molecular flexibility index (Phi) is 2.45. The average molecular weight is 177 g/mol. The largest absolute Gasteiger partial charge is 0.207 e. The maximum Gasteiger partial charge on any atom is 0.128 e. The van der Waals surface area contributed by atoms with Gasteiger partial charge in [0.1, 0.15) is 11.6 Å². The van der Waals surface area contributed by atoms with Gasteiger partial charge in [0.25, 0.3) is 0 Å². The maximum absolute atomic E-state index is 12.8. The first-order valence-electron chi connectivity index (χ1n) is 3.20. The Labute approximate surface area is 68.8 Å². The first kappa shape index (κ1) is 8.47. The van der Waals surface area contributed by atoms with E-state index in [1.54, 1.807) is 6.92 Å². The Bertz CT molecular complexity index is 258. The summed E-state index contributed by atoms with van der Waals surface area (Å²) < 4.78 is 25.3. The van der Waals surface area contributed by atoms with Crippen molar-refractivity contribution in [2.24, 2.45) is 0 Å². The maximum atomic E-state index is 12.8. The van der Waals surface area contributed by atoms with Crippen LogP contribution in [0, 0.1) is 11.6 Å². The van der Waals surface area contributed by atoms with E-state index in [2.05, 4.69) is 0 Å². The fourth-order valence-electron chi connectivity index (χ4n) is 0.819. The molecule has 0 radical (unpaired) electrons. The third-order valence-corrected chi connectivity index (χ3v) is 1.62. The molecular formula is C8H7ClF2. The minimum absolute atomic E-state index is 0.201. The molecule has 0 aromatic heterocycles. The summed E-state index contributed by atoms with van der Waals surface area (Å²) in [5, 5.41) is -0.495. The van der Waals surface area contributed by atoms with Crippen LogP contribution in [-0.4, -0.2) is 0 Å². The molecule has 1 unspecified atom stereocenters. The lowest BCUT2D eigenvalue weighted by molar-refractivity contribution is 0.585. The molecule has 11 heavy (non-hydrogen) atoms. The molecule has 1 atom stereocenters. The zero-order valence-electron chi connectivity index (χ0n) is 5.94. The summed E-state index contributed by atoms with van der Waals surface area (Å²) in [5.74, 6) is -0.928. The fraction of sp³-hybridized carbons (Fsp3) is 0.250. The van der Waals surface area contributed by atoms with Crippen molar-refractivity contribution >= 4 is 11.6 Å². The first-order valence-corrected chi connectivity index (χ1v) is 3.64. The van der Waals surface area contributed by atoms with Crippen LogP contribution in [0.5, 0.6) is 0 Å². The number of benzene rings is 1. The van der Waals surface area contributed by atoms with Crippen molar-refractivity contribution in [3.8, 4) is 0 Å². The lowest BCUT2D eigenvalue weighted by Gasteiger charge is -2.03. The van der Waals surface area contributed by atoms with Crippen molar-refractivity contribution in [1.82, 2.24) is 0 Å². The monoisotopic (exact) mass is 176 g/mol. The van der Waals surface area contributed by atoms with Gasteiger partial charge >= 0.3 is 0 Å². The van der Waals surface area contributed by atoms with Gasteiger partial charge in [-0.3, -0.25) is 0 Å². The Morgan fingerprint density at radius 3 is 2.45 bits per heavy atom. The first-order chi connectivity index (χ1) is 5.11. The van der Waals surface area contributed by atoms with Gasteiger partial charge in [-0.15, -0.1) is 11.6 Å². The number of rotatable bonds is 1. The second kappa shape index (κ2) is 3.18. The zero-order valence-corrected chi connectivity index (χ0v) is 6.70. The van der Waals surface area contributed by atoms with E-state index in [1.165, 1.54) is 0 Å². The molecule has 1 aromatic carbocycles. The normalized spacial score (nSPS) is 13.1. The number of hydrogen-bond donors (Lipinski definition) is 0. The lowest BCUT2D eigenvalue weighted by Crippen LogP contribution is -1.91. The van der Waals surface area contributed by atoms with Crippen molar-refractivity contribution in [3.63, 3.8) is 0 Å². The van der Waals surface area contributed by atoms with Gasteiger partial charge in [0.2, 0.25) is 0 Å². The second-order valence-corrected chi connectivity index (χ2v) is 2.94. The second-order valence-electron chi connectivity index (χ2n) is 2.28. The summed E-state index contributed by atoms with van der Waals surface area (Å²) in [7, 11) is 0. The standard InChI is InChI=1S/C8H7ClF2/c1-5(9)7-4-6(10)2-3-8(7)11/h2-5H,1H3. The van der Waals surface area contributed by atoms with Gasteiger partial charge in [0.15, 0.2) is 0 Å². The average Bonchev–Trinajstić information content (AvgIpc) is 1.94. The zero-order chi connectivity index (χ0) is 8.43. The van der Waals surface area contributed by atoms with Crippen LogP contribution >= 0.6 is 11.6 Å². The van der Waals surface area contributed by atoms with Crippen molar-refractivity contribution in [3.05, 3.63) is 35.4 Å². The van der Waals surface area contributed by atoms with Crippen molar-refractivity contribution in [2.45, 2.75) is 12.3 Å². The molecule has 0 aliphatic rings. The highest BCUT2D eigenvalue weighted by molar-refractivity contribution is 6.20. The highest BCUT2D eigenvalue weighted by atomic mass is 35.5. The lowest BCUT2D eigenvalue weighted by atomic mass is 10.1. The molecule has 0 saturated carbocycles. The van der Waals surface area contributed by atoms with Gasteiger partial charge in [0.05, 0.1) is 5.38 Å². The third-order valence-electron chi connectivity index (χ3n) is 1.39. The molecular weight excluding hydrogens is 170 g/mol. The molecule has 0 fully saturated rings. The predicted octanol–water partition coefficient (Wildman–Crippen LogP) is 3.26. The topological polar surface area (TPSA) is 0 Å². The summed E-state index contributed by atoms with van der Waals surface area (Å²) in [4.78, 5) is 0. The SMILES string of the molecule is CC(Cl)c1cc(F)ccc1F. The minimum Gasteiger partial charge on any atom is -0.207 e. The van der Waals surface area contributed by atoms with Crippen molar-refractivity contribution in [2.75, 3.05) is 0 Å². The van der Waals surface area contributed by atoms with Gasteiger partial charge in [-0.05, 0) is 25.1 Å². The van der Waals surface area contributed by atoms with E-state index >= 15 is 0 Å². The highest BCUT2D eigenvalue weighted by Crippen LogP contribution is 2.22.